The molecule has 1 fully saturated rings. The van der Waals surface area contributed by atoms with Gasteiger partial charge in [-0.1, -0.05) is 12.8 Å². The van der Waals surface area contributed by atoms with Crippen LogP contribution in [-0.2, 0) is 14.9 Å². The third kappa shape index (κ3) is 5.22. The zero-order chi connectivity index (χ0) is 13.6. The van der Waals surface area contributed by atoms with Gasteiger partial charge in [0.15, 0.2) is 0 Å². The molecule has 0 radical (unpaired) electrons. The van der Waals surface area contributed by atoms with Gasteiger partial charge in [-0.3, -0.25) is 0 Å². The average molecular weight is 278 g/mol. The first-order valence-electron chi connectivity index (χ1n) is 6.77. The highest BCUT2D eigenvalue weighted by Crippen LogP contribution is 2.20. The van der Waals surface area contributed by atoms with Crippen LogP contribution in [-0.4, -0.2) is 45.1 Å². The molecule has 1 saturated carbocycles. The van der Waals surface area contributed by atoms with Gasteiger partial charge < -0.3 is 4.74 Å². The van der Waals surface area contributed by atoms with Gasteiger partial charge in [-0.15, -0.1) is 0 Å². The molecule has 0 aliphatic heterocycles. The van der Waals surface area contributed by atoms with Crippen molar-refractivity contribution in [1.29, 1.82) is 0 Å². The molecule has 1 rings (SSSR count). The Bertz CT molecular complexity index is 324. The van der Waals surface area contributed by atoms with Crippen molar-refractivity contribution in [2.45, 2.75) is 58.1 Å². The highest BCUT2D eigenvalue weighted by Gasteiger charge is 2.19. The van der Waals surface area contributed by atoms with Gasteiger partial charge in [0.25, 0.3) is 10.2 Å². The molecule has 0 aromatic heterocycles. The quantitative estimate of drug-likeness (QED) is 0.685. The van der Waals surface area contributed by atoms with E-state index in [1.807, 2.05) is 13.8 Å². The van der Waals surface area contributed by atoms with E-state index in [9.17, 15) is 8.42 Å². The van der Waals surface area contributed by atoms with Crippen LogP contribution in [0.2, 0.25) is 0 Å². The Labute approximate surface area is 111 Å². The molecule has 1 aliphatic carbocycles. The molecule has 0 unspecified atom stereocenters. The van der Waals surface area contributed by atoms with E-state index in [2.05, 4.69) is 4.72 Å². The van der Waals surface area contributed by atoms with Gasteiger partial charge in [-0.25, -0.2) is 4.72 Å². The van der Waals surface area contributed by atoms with Crippen molar-refractivity contribution in [2.75, 3.05) is 20.2 Å². The third-order valence-corrected chi connectivity index (χ3v) is 5.12. The first kappa shape index (κ1) is 15.9. The van der Waals surface area contributed by atoms with Crippen LogP contribution in [0.15, 0.2) is 0 Å². The maximum absolute atomic E-state index is 11.8. The molecule has 0 bridgehead atoms. The van der Waals surface area contributed by atoms with Crippen molar-refractivity contribution in [3.63, 3.8) is 0 Å². The maximum atomic E-state index is 11.8. The third-order valence-electron chi connectivity index (χ3n) is 3.37. The highest BCUT2D eigenvalue weighted by molar-refractivity contribution is 7.87. The SMILES string of the molecule is CC(C)N(C)S(=O)(=O)NCCCOC1CCCC1. The summed E-state index contributed by atoms with van der Waals surface area (Å²) in [5.74, 6) is 0. The highest BCUT2D eigenvalue weighted by atomic mass is 32.2. The second-order valence-electron chi connectivity index (χ2n) is 5.14. The molecule has 0 amide bonds. The molecule has 0 aromatic rings. The summed E-state index contributed by atoms with van der Waals surface area (Å²) in [6.07, 6.45) is 5.96. The van der Waals surface area contributed by atoms with Crippen LogP contribution in [0.1, 0.15) is 46.0 Å². The van der Waals surface area contributed by atoms with Gasteiger partial charge in [0, 0.05) is 26.2 Å². The number of ether oxygens (including phenoxy) is 1. The summed E-state index contributed by atoms with van der Waals surface area (Å²) < 4.78 is 33.1. The number of hydrogen-bond acceptors (Lipinski definition) is 3. The van der Waals surface area contributed by atoms with E-state index < -0.39 is 10.2 Å². The molecular weight excluding hydrogens is 252 g/mol. The van der Waals surface area contributed by atoms with Crippen molar-refractivity contribution in [3.8, 4) is 0 Å². The van der Waals surface area contributed by atoms with Gasteiger partial charge in [-0.2, -0.15) is 12.7 Å². The molecule has 1 N–H and O–H groups in total. The first-order valence-corrected chi connectivity index (χ1v) is 8.21. The van der Waals surface area contributed by atoms with Gasteiger partial charge in [0.2, 0.25) is 0 Å². The summed E-state index contributed by atoms with van der Waals surface area (Å²) in [4.78, 5) is 0. The van der Waals surface area contributed by atoms with Crippen molar-refractivity contribution in [3.05, 3.63) is 0 Å². The molecular formula is C12H26N2O3S. The van der Waals surface area contributed by atoms with E-state index in [-0.39, 0.29) is 6.04 Å². The zero-order valence-corrected chi connectivity index (χ0v) is 12.5. The number of hydrogen-bond donors (Lipinski definition) is 1. The zero-order valence-electron chi connectivity index (χ0n) is 11.7. The Morgan fingerprint density at radius 3 is 2.50 bits per heavy atom. The summed E-state index contributed by atoms with van der Waals surface area (Å²) in [6, 6.07) is -0.0303. The number of nitrogens with one attached hydrogen (secondary N) is 1. The molecule has 0 atom stereocenters. The smallest absolute Gasteiger partial charge is 0.279 e. The lowest BCUT2D eigenvalue weighted by Gasteiger charge is -2.21. The molecule has 18 heavy (non-hydrogen) atoms. The van der Waals surface area contributed by atoms with Crippen molar-refractivity contribution >= 4 is 10.2 Å². The summed E-state index contributed by atoms with van der Waals surface area (Å²) in [7, 11) is -1.75. The normalized spacial score (nSPS) is 18.1. The van der Waals surface area contributed by atoms with E-state index in [0.29, 0.717) is 19.3 Å². The van der Waals surface area contributed by atoms with Crippen LogP contribution < -0.4 is 4.72 Å². The topological polar surface area (TPSA) is 58.6 Å². The van der Waals surface area contributed by atoms with Crippen LogP contribution >= 0.6 is 0 Å². The van der Waals surface area contributed by atoms with E-state index in [0.717, 1.165) is 19.3 Å². The minimum atomic E-state index is -3.33. The Balaban J connectivity index is 2.13. The molecule has 6 heteroatoms. The number of rotatable bonds is 8. The van der Waals surface area contributed by atoms with Crippen LogP contribution in [0.3, 0.4) is 0 Å². The molecule has 5 nitrogen and oxygen atoms in total. The summed E-state index contributed by atoms with van der Waals surface area (Å²) >= 11 is 0. The van der Waals surface area contributed by atoms with Crippen LogP contribution in [0.25, 0.3) is 0 Å². The van der Waals surface area contributed by atoms with E-state index >= 15 is 0 Å². The van der Waals surface area contributed by atoms with E-state index in [1.54, 1.807) is 7.05 Å². The molecule has 0 heterocycles. The second-order valence-corrected chi connectivity index (χ2v) is 6.95. The lowest BCUT2D eigenvalue weighted by atomic mass is 10.3. The molecule has 0 aromatic carbocycles. The van der Waals surface area contributed by atoms with Crippen LogP contribution in [0.4, 0.5) is 0 Å². The number of nitrogens with zero attached hydrogens (tertiary/aromatic N) is 1. The van der Waals surface area contributed by atoms with Crippen molar-refractivity contribution < 1.29 is 13.2 Å². The van der Waals surface area contributed by atoms with Gasteiger partial charge in [-0.05, 0) is 33.1 Å². The Kier molecular flexibility index (Phi) is 6.55. The van der Waals surface area contributed by atoms with E-state index in [4.69, 9.17) is 4.74 Å². The molecule has 1 aliphatic rings. The molecule has 0 spiro atoms. The van der Waals surface area contributed by atoms with Crippen molar-refractivity contribution in [2.24, 2.45) is 0 Å². The van der Waals surface area contributed by atoms with Gasteiger partial charge in [0.1, 0.15) is 0 Å². The Morgan fingerprint density at radius 1 is 1.33 bits per heavy atom. The lowest BCUT2D eigenvalue weighted by molar-refractivity contribution is 0.0574. The average Bonchev–Trinajstić information content (AvgIpc) is 2.80. The minimum absolute atomic E-state index is 0.0303. The Morgan fingerprint density at radius 2 is 1.94 bits per heavy atom. The van der Waals surface area contributed by atoms with E-state index in [1.165, 1.54) is 17.1 Å². The van der Waals surface area contributed by atoms with Crippen LogP contribution in [0.5, 0.6) is 0 Å². The van der Waals surface area contributed by atoms with Gasteiger partial charge in [0.05, 0.1) is 6.10 Å². The van der Waals surface area contributed by atoms with Crippen LogP contribution in [0, 0.1) is 0 Å². The minimum Gasteiger partial charge on any atom is -0.378 e. The maximum Gasteiger partial charge on any atom is 0.279 e. The lowest BCUT2D eigenvalue weighted by Crippen LogP contribution is -2.42. The fraction of sp³-hybridized carbons (Fsp3) is 1.00. The predicted molar refractivity (Wildman–Crippen MR) is 72.6 cm³/mol. The standard InChI is InChI=1S/C12H26N2O3S/c1-11(2)14(3)18(15,16)13-9-6-10-17-12-7-4-5-8-12/h11-13H,4-10H2,1-3H3. The molecule has 108 valence electrons. The fourth-order valence-electron chi connectivity index (χ4n) is 1.96. The predicted octanol–water partition coefficient (Wildman–Crippen LogP) is 1.51. The largest absolute Gasteiger partial charge is 0.378 e. The Hall–Kier alpha value is -0.170. The summed E-state index contributed by atoms with van der Waals surface area (Å²) in [6.45, 7) is 4.77. The first-order chi connectivity index (χ1) is 8.43. The molecule has 0 saturated heterocycles. The van der Waals surface area contributed by atoms with Crippen molar-refractivity contribution in [1.82, 2.24) is 9.03 Å². The summed E-state index contributed by atoms with van der Waals surface area (Å²) in [5.41, 5.74) is 0. The fourth-order valence-corrected chi connectivity index (χ4v) is 3.12. The van der Waals surface area contributed by atoms with Gasteiger partial charge >= 0.3 is 0 Å². The monoisotopic (exact) mass is 278 g/mol. The summed E-state index contributed by atoms with van der Waals surface area (Å²) in [5, 5.41) is 0. The second kappa shape index (κ2) is 7.43.